The summed E-state index contributed by atoms with van der Waals surface area (Å²) < 4.78 is 0. The highest BCUT2D eigenvalue weighted by molar-refractivity contribution is 5.85. The van der Waals surface area contributed by atoms with Gasteiger partial charge in [-0.05, 0) is 18.4 Å². The van der Waals surface area contributed by atoms with E-state index < -0.39 is 5.97 Å². The van der Waals surface area contributed by atoms with Crippen molar-refractivity contribution in [2.24, 2.45) is 0 Å². The van der Waals surface area contributed by atoms with Gasteiger partial charge in [0.25, 0.3) is 0 Å². The second-order valence-electron chi connectivity index (χ2n) is 4.16. The molecule has 92 valence electrons. The largest absolute Gasteiger partial charge is 0.478 e. The summed E-state index contributed by atoms with van der Waals surface area (Å²) in [6.07, 6.45) is 1.69. The molecule has 1 aromatic carbocycles. The highest BCUT2D eigenvalue weighted by atomic mass is 16.4. The van der Waals surface area contributed by atoms with Crippen molar-refractivity contribution >= 4 is 5.97 Å². The number of rotatable bonds is 6. The van der Waals surface area contributed by atoms with E-state index in [1.807, 2.05) is 18.2 Å². The van der Waals surface area contributed by atoms with Gasteiger partial charge in [0, 0.05) is 18.7 Å². The average molecular weight is 233 g/mol. The smallest absolute Gasteiger partial charge is 0.330 e. The predicted molar refractivity (Wildman–Crippen MR) is 69.1 cm³/mol. The quantitative estimate of drug-likeness (QED) is 0.586. The Labute approximate surface area is 102 Å². The fourth-order valence-corrected chi connectivity index (χ4v) is 1.51. The summed E-state index contributed by atoms with van der Waals surface area (Å²) in [6, 6.07) is 10.3. The minimum Gasteiger partial charge on any atom is -0.478 e. The number of aliphatic carboxylic acids is 1. The van der Waals surface area contributed by atoms with Crippen LogP contribution in [0.2, 0.25) is 0 Å². The van der Waals surface area contributed by atoms with Crippen LogP contribution in [0.25, 0.3) is 0 Å². The van der Waals surface area contributed by atoms with E-state index in [1.165, 1.54) is 5.56 Å². The van der Waals surface area contributed by atoms with Crippen LogP contribution in [-0.2, 0) is 4.79 Å². The molecular formula is C14H19NO2. The fourth-order valence-electron chi connectivity index (χ4n) is 1.51. The summed E-state index contributed by atoms with van der Waals surface area (Å²) >= 11 is 0. The monoisotopic (exact) mass is 233 g/mol. The first kappa shape index (κ1) is 13.5. The van der Waals surface area contributed by atoms with Gasteiger partial charge in [-0.3, -0.25) is 0 Å². The lowest BCUT2D eigenvalue weighted by molar-refractivity contribution is -0.132. The van der Waals surface area contributed by atoms with Crippen molar-refractivity contribution in [3.8, 4) is 0 Å². The number of carboxylic acids is 1. The minimum absolute atomic E-state index is 0.380. The van der Waals surface area contributed by atoms with Crippen LogP contribution in [0.4, 0.5) is 0 Å². The maximum atomic E-state index is 10.6. The summed E-state index contributed by atoms with van der Waals surface area (Å²) in [5.41, 5.74) is 1.67. The van der Waals surface area contributed by atoms with E-state index in [-0.39, 0.29) is 0 Å². The Bertz CT molecular complexity index is 384. The second-order valence-corrected chi connectivity index (χ2v) is 4.16. The molecule has 0 aromatic heterocycles. The number of carboxylic acid groups (broad SMARTS) is 1. The molecule has 0 aliphatic rings. The molecule has 1 rings (SSSR count). The number of hydrogen-bond acceptors (Lipinski definition) is 2. The lowest BCUT2D eigenvalue weighted by Crippen LogP contribution is -2.20. The second kappa shape index (κ2) is 6.86. The maximum absolute atomic E-state index is 10.6. The molecule has 3 heteroatoms. The maximum Gasteiger partial charge on any atom is 0.330 e. The van der Waals surface area contributed by atoms with Gasteiger partial charge in [0.1, 0.15) is 0 Å². The Morgan fingerprint density at radius 3 is 2.65 bits per heavy atom. The average Bonchev–Trinajstić information content (AvgIpc) is 2.35. The normalized spacial score (nSPS) is 13.4. The van der Waals surface area contributed by atoms with Gasteiger partial charge in [0.15, 0.2) is 0 Å². The van der Waals surface area contributed by atoms with Gasteiger partial charge in [0.2, 0.25) is 0 Å². The van der Waals surface area contributed by atoms with Crippen LogP contribution in [0.3, 0.4) is 0 Å². The molecule has 0 aliphatic heterocycles. The minimum atomic E-state index is -0.858. The molecule has 1 atom stereocenters. The third-order valence-corrected chi connectivity index (χ3v) is 2.71. The molecular weight excluding hydrogens is 214 g/mol. The molecule has 2 N–H and O–H groups in total. The third-order valence-electron chi connectivity index (χ3n) is 2.71. The van der Waals surface area contributed by atoms with E-state index in [4.69, 9.17) is 5.11 Å². The van der Waals surface area contributed by atoms with E-state index >= 15 is 0 Å². The Morgan fingerprint density at radius 1 is 1.41 bits per heavy atom. The number of hydrogen-bond donors (Lipinski definition) is 2. The molecule has 0 heterocycles. The highest BCUT2D eigenvalue weighted by Crippen LogP contribution is 2.12. The molecule has 1 aromatic rings. The zero-order valence-corrected chi connectivity index (χ0v) is 10.3. The van der Waals surface area contributed by atoms with E-state index in [9.17, 15) is 4.79 Å². The van der Waals surface area contributed by atoms with Crippen molar-refractivity contribution in [1.29, 1.82) is 0 Å². The summed E-state index contributed by atoms with van der Waals surface area (Å²) in [6.45, 7) is 5.18. The van der Waals surface area contributed by atoms with Crippen LogP contribution in [0.15, 0.2) is 42.0 Å². The van der Waals surface area contributed by atoms with Crippen LogP contribution < -0.4 is 5.32 Å². The Hall–Kier alpha value is -1.61. The van der Waals surface area contributed by atoms with E-state index in [0.29, 0.717) is 18.0 Å². The van der Waals surface area contributed by atoms with Crippen LogP contribution in [-0.4, -0.2) is 24.2 Å². The van der Waals surface area contributed by atoms with E-state index in [2.05, 4.69) is 24.4 Å². The predicted octanol–water partition coefficient (Wildman–Crippen LogP) is 2.41. The number of benzene rings is 1. The Balaban J connectivity index is 2.33. The molecule has 1 unspecified atom stereocenters. The van der Waals surface area contributed by atoms with Gasteiger partial charge < -0.3 is 10.4 Å². The van der Waals surface area contributed by atoms with Gasteiger partial charge in [0.05, 0.1) is 0 Å². The number of nitrogens with one attached hydrogen (secondary N) is 1. The van der Waals surface area contributed by atoms with Crippen molar-refractivity contribution < 1.29 is 9.90 Å². The summed E-state index contributed by atoms with van der Waals surface area (Å²) in [5.74, 6) is -0.433. The zero-order chi connectivity index (χ0) is 12.7. The molecule has 17 heavy (non-hydrogen) atoms. The molecule has 0 saturated heterocycles. The molecule has 0 spiro atoms. The van der Waals surface area contributed by atoms with Crippen molar-refractivity contribution in [3.05, 3.63) is 47.5 Å². The van der Waals surface area contributed by atoms with Crippen LogP contribution in [0.5, 0.6) is 0 Å². The number of carbonyl (C=O) groups is 1. The standard InChI is InChI=1S/C14H19NO2/c1-11(14(16)17)8-9-15-10-12(2)13-6-4-3-5-7-13/h3-8,12,15H,9-10H2,1-2H3,(H,16,17)/b11-8-. The summed E-state index contributed by atoms with van der Waals surface area (Å²) in [4.78, 5) is 10.6. The van der Waals surface area contributed by atoms with Crippen molar-refractivity contribution in [1.82, 2.24) is 5.32 Å². The Morgan fingerprint density at radius 2 is 2.06 bits per heavy atom. The zero-order valence-electron chi connectivity index (χ0n) is 10.3. The van der Waals surface area contributed by atoms with E-state index in [0.717, 1.165) is 6.54 Å². The summed E-state index contributed by atoms with van der Waals surface area (Å²) in [5, 5.41) is 11.9. The molecule has 0 saturated carbocycles. The Kier molecular flexibility index (Phi) is 5.43. The van der Waals surface area contributed by atoms with Gasteiger partial charge in [-0.15, -0.1) is 0 Å². The van der Waals surface area contributed by atoms with E-state index in [1.54, 1.807) is 13.0 Å². The third kappa shape index (κ3) is 4.83. The lowest BCUT2D eigenvalue weighted by Gasteiger charge is -2.11. The summed E-state index contributed by atoms with van der Waals surface area (Å²) in [7, 11) is 0. The van der Waals surface area contributed by atoms with Crippen LogP contribution in [0.1, 0.15) is 25.3 Å². The fraction of sp³-hybridized carbons (Fsp3) is 0.357. The molecule has 0 amide bonds. The highest BCUT2D eigenvalue weighted by Gasteiger charge is 2.03. The first-order chi connectivity index (χ1) is 8.11. The molecule has 0 fully saturated rings. The first-order valence-electron chi connectivity index (χ1n) is 5.77. The molecule has 0 radical (unpaired) electrons. The van der Waals surface area contributed by atoms with Gasteiger partial charge in [-0.25, -0.2) is 4.79 Å². The van der Waals surface area contributed by atoms with Crippen molar-refractivity contribution in [2.45, 2.75) is 19.8 Å². The van der Waals surface area contributed by atoms with Crippen LogP contribution >= 0.6 is 0 Å². The lowest BCUT2D eigenvalue weighted by atomic mass is 10.0. The van der Waals surface area contributed by atoms with Crippen molar-refractivity contribution in [3.63, 3.8) is 0 Å². The first-order valence-corrected chi connectivity index (χ1v) is 5.77. The molecule has 0 aliphatic carbocycles. The SMILES string of the molecule is C/C(=C/CNCC(C)c1ccccc1)C(=O)O. The van der Waals surface area contributed by atoms with Crippen LogP contribution in [0, 0.1) is 0 Å². The van der Waals surface area contributed by atoms with Gasteiger partial charge in [-0.1, -0.05) is 43.3 Å². The molecule has 3 nitrogen and oxygen atoms in total. The van der Waals surface area contributed by atoms with Gasteiger partial charge >= 0.3 is 5.97 Å². The van der Waals surface area contributed by atoms with Gasteiger partial charge in [-0.2, -0.15) is 0 Å². The van der Waals surface area contributed by atoms with Crippen molar-refractivity contribution in [2.75, 3.05) is 13.1 Å². The molecule has 0 bridgehead atoms. The topological polar surface area (TPSA) is 49.3 Å².